The number of nitrogens with zero attached hydrogens (tertiary/aromatic N) is 2. The summed E-state index contributed by atoms with van der Waals surface area (Å²) in [5, 5.41) is 0.544. The van der Waals surface area contributed by atoms with E-state index in [2.05, 4.69) is 9.97 Å². The topological polar surface area (TPSA) is 75.3 Å². The minimum absolute atomic E-state index is 0.0428. The molecule has 0 bridgehead atoms. The number of aromatic amines is 1. The summed E-state index contributed by atoms with van der Waals surface area (Å²) in [7, 11) is 0. The lowest BCUT2D eigenvalue weighted by Crippen LogP contribution is -2.37. The zero-order valence-electron chi connectivity index (χ0n) is 15.4. The maximum atomic E-state index is 13.1. The van der Waals surface area contributed by atoms with Gasteiger partial charge in [0.05, 0.1) is 30.7 Å². The molecular weight excluding hydrogens is 342 g/mol. The number of amides is 1. The third kappa shape index (κ3) is 3.36. The highest BCUT2D eigenvalue weighted by molar-refractivity contribution is 5.94. The molecule has 138 valence electrons. The Bertz CT molecular complexity index is 1070. The van der Waals surface area contributed by atoms with E-state index in [-0.39, 0.29) is 24.1 Å². The van der Waals surface area contributed by atoms with Gasteiger partial charge in [-0.3, -0.25) is 9.59 Å². The number of carbonyl (C=O) groups excluding carboxylic acids is 1. The van der Waals surface area contributed by atoms with Gasteiger partial charge in [-0.25, -0.2) is 4.98 Å². The van der Waals surface area contributed by atoms with Gasteiger partial charge in [-0.2, -0.15) is 0 Å². The fraction of sp³-hybridized carbons (Fsp3) is 0.286. The number of nitrogens with one attached hydrogen (secondary N) is 1. The Morgan fingerprint density at radius 3 is 2.78 bits per heavy atom. The molecule has 0 fully saturated rings. The van der Waals surface area contributed by atoms with Gasteiger partial charge >= 0.3 is 0 Å². The van der Waals surface area contributed by atoms with Crippen molar-refractivity contribution in [2.45, 2.75) is 39.6 Å². The predicted octanol–water partition coefficient (Wildman–Crippen LogP) is 3.00. The lowest BCUT2D eigenvalue weighted by Gasteiger charge is -2.26. The Morgan fingerprint density at radius 1 is 1.19 bits per heavy atom. The van der Waals surface area contributed by atoms with Crippen LogP contribution in [-0.2, 0) is 24.5 Å². The monoisotopic (exact) mass is 363 g/mol. The molecule has 0 unspecified atom stereocenters. The molecule has 0 saturated heterocycles. The van der Waals surface area contributed by atoms with Crippen molar-refractivity contribution >= 4 is 16.8 Å². The largest absolute Gasteiger partial charge is 0.372 e. The quantitative estimate of drug-likeness (QED) is 0.773. The Balaban J connectivity index is 1.65. The number of hydrogen-bond acceptors (Lipinski definition) is 4. The minimum atomic E-state index is -0.193. The number of H-pyrrole nitrogens is 1. The van der Waals surface area contributed by atoms with Crippen molar-refractivity contribution in [2.75, 3.05) is 0 Å². The Morgan fingerprint density at radius 2 is 1.96 bits per heavy atom. The van der Waals surface area contributed by atoms with Gasteiger partial charge in [-0.05, 0) is 49.2 Å². The second kappa shape index (κ2) is 6.96. The van der Waals surface area contributed by atoms with E-state index in [1.165, 1.54) is 0 Å². The number of aromatic nitrogens is 2. The summed E-state index contributed by atoms with van der Waals surface area (Å²) in [5.41, 5.74) is 3.24. The van der Waals surface area contributed by atoms with Crippen LogP contribution in [0.1, 0.15) is 41.2 Å². The van der Waals surface area contributed by atoms with Crippen LogP contribution in [0.15, 0.2) is 47.3 Å². The van der Waals surface area contributed by atoms with Crippen LogP contribution in [0.3, 0.4) is 0 Å². The van der Waals surface area contributed by atoms with E-state index in [9.17, 15) is 9.59 Å². The van der Waals surface area contributed by atoms with Gasteiger partial charge in [0.2, 0.25) is 0 Å². The molecule has 1 amide bonds. The van der Waals surface area contributed by atoms with Crippen LogP contribution in [0.2, 0.25) is 0 Å². The predicted molar refractivity (Wildman–Crippen MR) is 102 cm³/mol. The maximum Gasteiger partial charge on any atom is 0.258 e. The number of ether oxygens (including phenoxy) is 1. The van der Waals surface area contributed by atoms with Crippen LogP contribution in [0.25, 0.3) is 10.9 Å². The van der Waals surface area contributed by atoms with Crippen LogP contribution >= 0.6 is 0 Å². The third-order valence-electron chi connectivity index (χ3n) is 4.83. The molecule has 1 aliphatic rings. The van der Waals surface area contributed by atoms with E-state index < -0.39 is 0 Å². The van der Waals surface area contributed by atoms with Crippen LogP contribution in [-0.4, -0.2) is 26.8 Å². The molecule has 6 nitrogen and oxygen atoms in total. The summed E-state index contributed by atoms with van der Waals surface area (Å²) < 4.78 is 5.43. The molecule has 1 aliphatic heterocycles. The lowest BCUT2D eigenvalue weighted by atomic mass is 10.0. The molecule has 2 aromatic carbocycles. The second-order valence-electron chi connectivity index (χ2n) is 7.03. The lowest BCUT2D eigenvalue weighted by molar-refractivity contribution is 0.0685. The van der Waals surface area contributed by atoms with E-state index in [1.807, 2.05) is 38.1 Å². The number of rotatable bonds is 4. The van der Waals surface area contributed by atoms with Crippen molar-refractivity contribution in [1.82, 2.24) is 14.9 Å². The van der Waals surface area contributed by atoms with Gasteiger partial charge < -0.3 is 14.6 Å². The molecule has 0 saturated carbocycles. The van der Waals surface area contributed by atoms with Gasteiger partial charge in [-0.15, -0.1) is 0 Å². The number of carbonyl (C=O) groups is 1. The van der Waals surface area contributed by atoms with Gasteiger partial charge in [-0.1, -0.05) is 18.2 Å². The molecular formula is C21H21N3O3. The third-order valence-corrected chi connectivity index (χ3v) is 4.83. The molecule has 1 N–H and O–H groups in total. The van der Waals surface area contributed by atoms with Gasteiger partial charge in [0.1, 0.15) is 5.82 Å². The first-order valence-electron chi connectivity index (χ1n) is 9.01. The second-order valence-corrected chi connectivity index (χ2v) is 7.03. The first kappa shape index (κ1) is 17.4. The molecule has 27 heavy (non-hydrogen) atoms. The smallest absolute Gasteiger partial charge is 0.258 e. The fourth-order valence-corrected chi connectivity index (χ4v) is 3.33. The number of para-hydroxylation sites is 1. The summed E-state index contributed by atoms with van der Waals surface area (Å²) in [6, 6.07) is 12.8. The molecule has 0 atom stereocenters. The van der Waals surface area contributed by atoms with Gasteiger partial charge in [0.25, 0.3) is 11.5 Å². The summed E-state index contributed by atoms with van der Waals surface area (Å²) in [4.78, 5) is 34.4. The summed E-state index contributed by atoms with van der Waals surface area (Å²) >= 11 is 0. The highest BCUT2D eigenvalue weighted by Crippen LogP contribution is 2.22. The van der Waals surface area contributed by atoms with E-state index in [0.29, 0.717) is 35.5 Å². The highest BCUT2D eigenvalue weighted by Gasteiger charge is 2.22. The van der Waals surface area contributed by atoms with Gasteiger partial charge in [0.15, 0.2) is 0 Å². The van der Waals surface area contributed by atoms with Gasteiger partial charge in [0, 0.05) is 11.6 Å². The Labute approximate surface area is 156 Å². The van der Waals surface area contributed by atoms with Crippen LogP contribution in [0, 0.1) is 0 Å². The standard InChI is InChI=1S/C21H21N3O3/c1-13(2)24(21(26)14-7-8-15-11-27-12-16(15)9-14)10-19-22-18-6-4-3-5-17(18)20(25)23-19/h3-9,13H,10-12H2,1-2H3,(H,22,23,25). The average Bonchev–Trinajstić information content (AvgIpc) is 3.13. The first-order chi connectivity index (χ1) is 13.0. The number of benzene rings is 2. The van der Waals surface area contributed by atoms with Crippen molar-refractivity contribution < 1.29 is 9.53 Å². The summed E-state index contributed by atoms with van der Waals surface area (Å²) in [5.74, 6) is 0.390. The SMILES string of the molecule is CC(C)N(Cc1nc2ccccc2c(=O)[nH]1)C(=O)c1ccc2c(c1)COC2. The van der Waals surface area contributed by atoms with Crippen LogP contribution in [0.4, 0.5) is 0 Å². The van der Waals surface area contributed by atoms with Crippen molar-refractivity contribution in [1.29, 1.82) is 0 Å². The van der Waals surface area contributed by atoms with Crippen molar-refractivity contribution in [3.05, 3.63) is 75.3 Å². The van der Waals surface area contributed by atoms with Crippen LogP contribution in [0.5, 0.6) is 0 Å². The molecule has 0 spiro atoms. The molecule has 0 aliphatic carbocycles. The molecule has 0 radical (unpaired) electrons. The molecule has 2 heterocycles. The Hall–Kier alpha value is -2.99. The van der Waals surface area contributed by atoms with Crippen LogP contribution < -0.4 is 5.56 Å². The molecule has 4 rings (SSSR count). The zero-order valence-corrected chi connectivity index (χ0v) is 15.4. The van der Waals surface area contributed by atoms with Crippen molar-refractivity contribution in [3.63, 3.8) is 0 Å². The highest BCUT2D eigenvalue weighted by atomic mass is 16.5. The first-order valence-corrected chi connectivity index (χ1v) is 9.01. The average molecular weight is 363 g/mol. The minimum Gasteiger partial charge on any atom is -0.372 e. The van der Waals surface area contributed by atoms with E-state index in [0.717, 1.165) is 11.1 Å². The molecule has 3 aromatic rings. The molecule has 6 heteroatoms. The number of hydrogen-bond donors (Lipinski definition) is 1. The summed E-state index contributed by atoms with van der Waals surface area (Å²) in [6.07, 6.45) is 0. The zero-order chi connectivity index (χ0) is 19.0. The van der Waals surface area contributed by atoms with E-state index in [1.54, 1.807) is 23.1 Å². The maximum absolute atomic E-state index is 13.1. The van der Waals surface area contributed by atoms with Crippen molar-refractivity contribution in [2.24, 2.45) is 0 Å². The molecule has 1 aromatic heterocycles. The Kier molecular flexibility index (Phi) is 4.49. The van der Waals surface area contributed by atoms with Crippen molar-refractivity contribution in [3.8, 4) is 0 Å². The number of fused-ring (bicyclic) bond motifs is 2. The summed E-state index contributed by atoms with van der Waals surface area (Å²) in [6.45, 7) is 5.28. The normalized spacial score (nSPS) is 13.1. The van der Waals surface area contributed by atoms with E-state index in [4.69, 9.17) is 4.74 Å². The van der Waals surface area contributed by atoms with E-state index >= 15 is 0 Å². The fourth-order valence-electron chi connectivity index (χ4n) is 3.33.